The summed E-state index contributed by atoms with van der Waals surface area (Å²) >= 11 is 0. The van der Waals surface area contributed by atoms with Crippen molar-refractivity contribution in [1.82, 2.24) is 29.6 Å². The molecule has 0 aliphatic carbocycles. The van der Waals surface area contributed by atoms with E-state index in [1.54, 1.807) is 11.9 Å². The third-order valence-electron chi connectivity index (χ3n) is 7.64. The van der Waals surface area contributed by atoms with Gasteiger partial charge in [-0.3, -0.25) is 9.69 Å². The molecule has 0 fully saturated rings. The van der Waals surface area contributed by atoms with Crippen LogP contribution in [0.5, 0.6) is 0 Å². The third-order valence-corrected chi connectivity index (χ3v) is 7.64. The highest BCUT2D eigenvalue weighted by molar-refractivity contribution is 6.10. The highest BCUT2D eigenvalue weighted by atomic mass is 16.6. The fourth-order valence-corrected chi connectivity index (χ4v) is 5.12. The van der Waals surface area contributed by atoms with E-state index < -0.39 is 11.7 Å². The Labute approximate surface area is 241 Å². The molecule has 0 spiro atoms. The minimum Gasteiger partial charge on any atom is -0.444 e. The summed E-state index contributed by atoms with van der Waals surface area (Å²) in [4.78, 5) is 41.6. The van der Waals surface area contributed by atoms with Crippen LogP contribution in [0, 0.1) is 5.92 Å². The largest absolute Gasteiger partial charge is 0.444 e. The summed E-state index contributed by atoms with van der Waals surface area (Å²) in [6.45, 7) is 13.2. The number of amides is 2. The van der Waals surface area contributed by atoms with Gasteiger partial charge in [-0.2, -0.15) is 0 Å². The summed E-state index contributed by atoms with van der Waals surface area (Å²) in [6.07, 6.45) is 1.55. The van der Waals surface area contributed by atoms with Crippen LogP contribution in [-0.4, -0.2) is 67.4 Å². The second kappa shape index (κ2) is 10.8. The molecule has 2 amide bonds. The van der Waals surface area contributed by atoms with E-state index in [9.17, 15) is 9.59 Å². The number of carbonyl (C=O) groups is 2. The smallest absolute Gasteiger partial charge is 0.410 e. The number of nitrogens with zero attached hydrogens (tertiary/aromatic N) is 8. The molecule has 2 aliphatic rings. The van der Waals surface area contributed by atoms with Crippen molar-refractivity contribution in [2.75, 3.05) is 23.9 Å². The molecule has 0 saturated heterocycles. The number of carbonyl (C=O) groups excluding carboxylic acids is 2. The number of fused-ring (bicyclic) bond motifs is 2. The Kier molecular flexibility index (Phi) is 7.48. The van der Waals surface area contributed by atoms with Crippen LogP contribution < -0.4 is 9.80 Å². The molecule has 5 rings (SSSR count). The average Bonchev–Trinajstić information content (AvgIpc) is 3.48. The van der Waals surface area contributed by atoms with Gasteiger partial charge in [0.05, 0.1) is 24.3 Å². The fraction of sp³-hybridized carbons (Fsp3) is 0.533. The van der Waals surface area contributed by atoms with Gasteiger partial charge in [-0.05, 0) is 65.2 Å². The van der Waals surface area contributed by atoms with Crippen molar-refractivity contribution in [2.45, 2.75) is 85.7 Å². The molecule has 3 aromatic heterocycles. The van der Waals surface area contributed by atoms with Crippen molar-refractivity contribution in [3.8, 4) is 11.5 Å². The van der Waals surface area contributed by atoms with E-state index in [0.29, 0.717) is 41.0 Å². The summed E-state index contributed by atoms with van der Waals surface area (Å²) in [5, 5.41) is 8.84. The van der Waals surface area contributed by atoms with E-state index in [2.05, 4.69) is 35.5 Å². The zero-order valence-electron chi connectivity index (χ0n) is 25.3. The molecule has 2 aliphatic heterocycles. The van der Waals surface area contributed by atoms with Crippen LogP contribution in [0.4, 0.5) is 16.4 Å². The molecule has 41 heavy (non-hydrogen) atoms. The Morgan fingerprint density at radius 3 is 2.63 bits per heavy atom. The number of rotatable bonds is 6. The lowest BCUT2D eigenvalue weighted by Crippen LogP contribution is -2.34. The van der Waals surface area contributed by atoms with Gasteiger partial charge in [-0.1, -0.05) is 13.0 Å². The maximum absolute atomic E-state index is 13.9. The normalized spacial score (nSPS) is 16.6. The van der Waals surface area contributed by atoms with Gasteiger partial charge in [0, 0.05) is 38.7 Å². The highest BCUT2D eigenvalue weighted by Gasteiger charge is 2.34. The lowest BCUT2D eigenvalue weighted by Gasteiger charge is -2.26. The van der Waals surface area contributed by atoms with Crippen LogP contribution in [0.3, 0.4) is 0 Å². The number of hydrogen-bond acceptors (Lipinski definition) is 8. The van der Waals surface area contributed by atoms with E-state index in [1.807, 2.05) is 57.0 Å². The molecule has 1 atom stereocenters. The molecule has 0 aromatic carbocycles. The van der Waals surface area contributed by atoms with Crippen LogP contribution in [0.2, 0.25) is 0 Å². The number of aryl methyl sites for hydroxylation is 1. The van der Waals surface area contributed by atoms with Crippen LogP contribution in [0.25, 0.3) is 11.5 Å². The first kappa shape index (κ1) is 28.5. The second-order valence-electron chi connectivity index (χ2n) is 12.5. The van der Waals surface area contributed by atoms with Gasteiger partial charge in [0.2, 0.25) is 0 Å². The van der Waals surface area contributed by atoms with Gasteiger partial charge >= 0.3 is 6.09 Å². The summed E-state index contributed by atoms with van der Waals surface area (Å²) in [5.74, 6) is 3.30. The molecule has 0 saturated carbocycles. The average molecular weight is 561 g/mol. The van der Waals surface area contributed by atoms with E-state index in [-0.39, 0.29) is 18.5 Å². The standard InChI is InChI=1S/C30H40N8O3/c1-18(2)36(8)26-14-20-21(23(32-26)17-35(7)29(40)41-30(4,5)6)16-38(28(20)39)24-11-9-10-22(31-24)27-34-33-25-13-12-19(3)15-37(25)27/h9-11,14,18-19H,12-13,15-17H2,1-8H3. The van der Waals surface area contributed by atoms with Gasteiger partial charge in [0.25, 0.3) is 5.91 Å². The van der Waals surface area contributed by atoms with Crippen molar-refractivity contribution in [3.05, 3.63) is 46.9 Å². The zero-order chi connectivity index (χ0) is 29.6. The molecule has 11 heteroatoms. The van der Waals surface area contributed by atoms with Crippen LogP contribution >= 0.6 is 0 Å². The van der Waals surface area contributed by atoms with Crippen molar-refractivity contribution >= 4 is 23.6 Å². The Hall–Kier alpha value is -4.02. The molecule has 3 aromatic rings. The lowest BCUT2D eigenvalue weighted by atomic mass is 10.0. The summed E-state index contributed by atoms with van der Waals surface area (Å²) in [5.41, 5.74) is 2.07. The van der Waals surface area contributed by atoms with Crippen molar-refractivity contribution in [1.29, 1.82) is 0 Å². The van der Waals surface area contributed by atoms with Gasteiger partial charge < -0.3 is 19.1 Å². The molecule has 218 valence electrons. The summed E-state index contributed by atoms with van der Waals surface area (Å²) < 4.78 is 7.70. The number of aromatic nitrogens is 5. The topological polar surface area (TPSA) is 110 Å². The molecule has 0 N–H and O–H groups in total. The minimum absolute atomic E-state index is 0.150. The SMILES string of the molecule is CC1CCc2nnc(-c3cccc(N4Cc5c(cc(N(C)C(C)C)nc5CN(C)C(=O)OC(C)(C)C)C4=O)n3)n2C1. The summed E-state index contributed by atoms with van der Waals surface area (Å²) in [7, 11) is 3.63. The molecule has 0 radical (unpaired) electrons. The minimum atomic E-state index is -0.620. The van der Waals surface area contributed by atoms with Gasteiger partial charge in [0.15, 0.2) is 5.82 Å². The second-order valence-corrected chi connectivity index (χ2v) is 12.5. The third kappa shape index (κ3) is 5.75. The molecular weight excluding hydrogens is 520 g/mol. The van der Waals surface area contributed by atoms with Gasteiger partial charge in [-0.15, -0.1) is 10.2 Å². The fourth-order valence-electron chi connectivity index (χ4n) is 5.12. The van der Waals surface area contributed by atoms with E-state index in [0.717, 1.165) is 36.6 Å². The van der Waals surface area contributed by atoms with Crippen LogP contribution in [0.15, 0.2) is 24.3 Å². The zero-order valence-corrected chi connectivity index (χ0v) is 25.3. The van der Waals surface area contributed by atoms with Crippen molar-refractivity contribution in [2.24, 2.45) is 5.92 Å². The monoisotopic (exact) mass is 560 g/mol. The summed E-state index contributed by atoms with van der Waals surface area (Å²) in [6, 6.07) is 7.65. The number of ether oxygens (including phenoxy) is 1. The maximum Gasteiger partial charge on any atom is 0.410 e. The Balaban J connectivity index is 1.48. The number of hydrogen-bond donors (Lipinski definition) is 0. The Bertz CT molecular complexity index is 1470. The first-order valence-electron chi connectivity index (χ1n) is 14.2. The molecule has 0 bridgehead atoms. The highest BCUT2D eigenvalue weighted by Crippen LogP contribution is 2.34. The van der Waals surface area contributed by atoms with Crippen LogP contribution in [-0.2, 0) is 30.8 Å². The first-order chi connectivity index (χ1) is 19.3. The van der Waals surface area contributed by atoms with Crippen molar-refractivity contribution in [3.63, 3.8) is 0 Å². The maximum atomic E-state index is 13.9. The van der Waals surface area contributed by atoms with Gasteiger partial charge in [-0.25, -0.2) is 14.8 Å². The molecule has 11 nitrogen and oxygen atoms in total. The molecule has 1 unspecified atom stereocenters. The molecule has 5 heterocycles. The van der Waals surface area contributed by atoms with E-state index in [1.165, 1.54) is 4.90 Å². The Morgan fingerprint density at radius 2 is 1.93 bits per heavy atom. The van der Waals surface area contributed by atoms with Gasteiger partial charge in [0.1, 0.15) is 28.8 Å². The lowest BCUT2D eigenvalue weighted by molar-refractivity contribution is 0.0282. The van der Waals surface area contributed by atoms with Crippen molar-refractivity contribution < 1.29 is 14.3 Å². The molecular formula is C30H40N8O3. The first-order valence-corrected chi connectivity index (χ1v) is 14.2. The predicted molar refractivity (Wildman–Crippen MR) is 157 cm³/mol. The Morgan fingerprint density at radius 1 is 1.17 bits per heavy atom. The number of anilines is 2. The number of pyridine rings is 2. The van der Waals surface area contributed by atoms with Crippen LogP contribution in [0.1, 0.15) is 75.4 Å². The quantitative estimate of drug-likeness (QED) is 0.427. The van der Waals surface area contributed by atoms with E-state index in [4.69, 9.17) is 14.7 Å². The van der Waals surface area contributed by atoms with E-state index >= 15 is 0 Å². The predicted octanol–water partition coefficient (Wildman–Crippen LogP) is 4.69.